The van der Waals surface area contributed by atoms with Crippen LogP contribution in [0.2, 0.25) is 0 Å². The average Bonchev–Trinajstić information content (AvgIpc) is 2.27. The Kier molecular flexibility index (Phi) is 1.80. The Morgan fingerprint density at radius 1 is 1.50 bits per heavy atom. The molecular formula is C11H18O. The van der Waals surface area contributed by atoms with E-state index in [2.05, 4.69) is 26.8 Å². The SMILES string of the molecule is CC1=CC2COC(C)(C)C2CC1. The number of ether oxygens (including phenoxy) is 1. The summed E-state index contributed by atoms with van der Waals surface area (Å²) in [6.45, 7) is 7.63. The molecule has 1 fully saturated rings. The quantitative estimate of drug-likeness (QED) is 0.503. The molecule has 2 rings (SSSR count). The summed E-state index contributed by atoms with van der Waals surface area (Å²) in [7, 11) is 0. The van der Waals surface area contributed by atoms with Gasteiger partial charge in [-0.05, 0) is 39.5 Å². The maximum Gasteiger partial charge on any atom is 0.0661 e. The fourth-order valence-electron chi connectivity index (χ4n) is 2.61. The van der Waals surface area contributed by atoms with Crippen LogP contribution in [-0.4, -0.2) is 12.2 Å². The largest absolute Gasteiger partial charge is 0.375 e. The first-order chi connectivity index (χ1) is 5.59. The zero-order valence-corrected chi connectivity index (χ0v) is 8.26. The smallest absolute Gasteiger partial charge is 0.0661 e. The topological polar surface area (TPSA) is 9.23 Å². The summed E-state index contributed by atoms with van der Waals surface area (Å²) in [5, 5.41) is 0. The van der Waals surface area contributed by atoms with Crippen molar-refractivity contribution in [3.05, 3.63) is 11.6 Å². The van der Waals surface area contributed by atoms with E-state index in [4.69, 9.17) is 4.74 Å². The standard InChI is InChI=1S/C11H18O/c1-8-4-5-10-9(6-8)7-12-11(10,2)3/h6,9-10H,4-5,7H2,1-3H3. The van der Waals surface area contributed by atoms with Crippen molar-refractivity contribution in [1.82, 2.24) is 0 Å². The molecule has 1 aliphatic carbocycles. The lowest BCUT2D eigenvalue weighted by Crippen LogP contribution is -2.30. The summed E-state index contributed by atoms with van der Waals surface area (Å²) in [6.07, 6.45) is 5.01. The second-order valence-corrected chi connectivity index (χ2v) is 4.74. The molecular weight excluding hydrogens is 148 g/mol. The Balaban J connectivity index is 2.20. The van der Waals surface area contributed by atoms with Crippen molar-refractivity contribution in [2.45, 2.75) is 39.2 Å². The van der Waals surface area contributed by atoms with Gasteiger partial charge in [-0.2, -0.15) is 0 Å². The minimum atomic E-state index is 0.127. The first kappa shape index (κ1) is 8.31. The van der Waals surface area contributed by atoms with Gasteiger partial charge in [0.25, 0.3) is 0 Å². The molecule has 0 saturated carbocycles. The van der Waals surface area contributed by atoms with Gasteiger partial charge < -0.3 is 4.74 Å². The fourth-order valence-corrected chi connectivity index (χ4v) is 2.61. The number of hydrogen-bond acceptors (Lipinski definition) is 1. The molecule has 0 aromatic rings. The van der Waals surface area contributed by atoms with Gasteiger partial charge >= 0.3 is 0 Å². The summed E-state index contributed by atoms with van der Waals surface area (Å²) in [4.78, 5) is 0. The van der Waals surface area contributed by atoms with E-state index in [0.29, 0.717) is 5.92 Å². The van der Waals surface area contributed by atoms with Crippen molar-refractivity contribution < 1.29 is 4.74 Å². The first-order valence-electron chi connectivity index (χ1n) is 4.91. The third-order valence-electron chi connectivity index (χ3n) is 3.41. The molecule has 1 aliphatic heterocycles. The van der Waals surface area contributed by atoms with E-state index in [1.165, 1.54) is 12.8 Å². The molecule has 0 spiro atoms. The van der Waals surface area contributed by atoms with Crippen LogP contribution >= 0.6 is 0 Å². The highest BCUT2D eigenvalue weighted by Crippen LogP contribution is 2.43. The lowest BCUT2D eigenvalue weighted by atomic mass is 9.75. The van der Waals surface area contributed by atoms with Gasteiger partial charge in [-0.1, -0.05) is 11.6 Å². The van der Waals surface area contributed by atoms with Crippen LogP contribution in [0.25, 0.3) is 0 Å². The Morgan fingerprint density at radius 2 is 2.25 bits per heavy atom. The average molecular weight is 166 g/mol. The highest BCUT2D eigenvalue weighted by atomic mass is 16.5. The minimum Gasteiger partial charge on any atom is -0.375 e. The molecule has 1 heteroatoms. The molecule has 68 valence electrons. The van der Waals surface area contributed by atoms with Gasteiger partial charge in [-0.25, -0.2) is 0 Å². The zero-order chi connectivity index (χ0) is 8.77. The van der Waals surface area contributed by atoms with E-state index >= 15 is 0 Å². The Bertz CT molecular complexity index is 215. The molecule has 0 bridgehead atoms. The van der Waals surface area contributed by atoms with Crippen LogP contribution in [0.3, 0.4) is 0 Å². The summed E-state index contributed by atoms with van der Waals surface area (Å²) in [5.41, 5.74) is 1.68. The van der Waals surface area contributed by atoms with E-state index in [0.717, 1.165) is 12.5 Å². The van der Waals surface area contributed by atoms with Crippen molar-refractivity contribution in [1.29, 1.82) is 0 Å². The van der Waals surface area contributed by atoms with Crippen LogP contribution in [-0.2, 0) is 4.74 Å². The maximum atomic E-state index is 5.79. The second-order valence-electron chi connectivity index (χ2n) is 4.74. The van der Waals surface area contributed by atoms with Gasteiger partial charge in [0.2, 0.25) is 0 Å². The fraction of sp³-hybridized carbons (Fsp3) is 0.818. The van der Waals surface area contributed by atoms with Gasteiger partial charge in [0.15, 0.2) is 0 Å². The summed E-state index contributed by atoms with van der Waals surface area (Å²) in [6, 6.07) is 0. The van der Waals surface area contributed by atoms with Crippen molar-refractivity contribution in [3.8, 4) is 0 Å². The van der Waals surface area contributed by atoms with Crippen molar-refractivity contribution in [2.24, 2.45) is 11.8 Å². The van der Waals surface area contributed by atoms with Gasteiger partial charge in [0, 0.05) is 5.92 Å². The molecule has 12 heavy (non-hydrogen) atoms. The van der Waals surface area contributed by atoms with Crippen LogP contribution < -0.4 is 0 Å². The van der Waals surface area contributed by atoms with Gasteiger partial charge in [-0.15, -0.1) is 0 Å². The number of hydrogen-bond donors (Lipinski definition) is 0. The van der Waals surface area contributed by atoms with E-state index in [-0.39, 0.29) is 5.60 Å². The predicted molar refractivity (Wildman–Crippen MR) is 50.0 cm³/mol. The molecule has 2 unspecified atom stereocenters. The van der Waals surface area contributed by atoms with Crippen molar-refractivity contribution in [3.63, 3.8) is 0 Å². The molecule has 0 aromatic heterocycles. The van der Waals surface area contributed by atoms with Gasteiger partial charge in [0.05, 0.1) is 12.2 Å². The van der Waals surface area contributed by atoms with Gasteiger partial charge in [-0.3, -0.25) is 0 Å². The molecule has 2 aliphatic rings. The Hall–Kier alpha value is -0.300. The minimum absolute atomic E-state index is 0.127. The summed E-state index contributed by atoms with van der Waals surface area (Å²) in [5.74, 6) is 1.47. The van der Waals surface area contributed by atoms with E-state index in [1.54, 1.807) is 5.57 Å². The molecule has 1 saturated heterocycles. The molecule has 0 aromatic carbocycles. The number of fused-ring (bicyclic) bond motifs is 1. The zero-order valence-electron chi connectivity index (χ0n) is 8.26. The molecule has 0 N–H and O–H groups in total. The van der Waals surface area contributed by atoms with Crippen LogP contribution in [0.5, 0.6) is 0 Å². The summed E-state index contributed by atoms with van der Waals surface area (Å²) < 4.78 is 5.79. The van der Waals surface area contributed by atoms with Crippen LogP contribution in [0.4, 0.5) is 0 Å². The first-order valence-corrected chi connectivity index (χ1v) is 4.91. The van der Waals surface area contributed by atoms with Crippen LogP contribution in [0.15, 0.2) is 11.6 Å². The molecule has 1 heterocycles. The molecule has 1 nitrogen and oxygen atoms in total. The predicted octanol–water partition coefficient (Wildman–Crippen LogP) is 2.77. The Morgan fingerprint density at radius 3 is 3.00 bits per heavy atom. The third-order valence-corrected chi connectivity index (χ3v) is 3.41. The van der Waals surface area contributed by atoms with E-state index in [1.807, 2.05) is 0 Å². The van der Waals surface area contributed by atoms with Crippen LogP contribution in [0.1, 0.15) is 33.6 Å². The third kappa shape index (κ3) is 1.20. The van der Waals surface area contributed by atoms with Crippen molar-refractivity contribution in [2.75, 3.05) is 6.61 Å². The van der Waals surface area contributed by atoms with E-state index < -0.39 is 0 Å². The maximum absolute atomic E-state index is 5.79. The highest BCUT2D eigenvalue weighted by molar-refractivity contribution is 5.12. The van der Waals surface area contributed by atoms with Gasteiger partial charge in [0.1, 0.15) is 0 Å². The van der Waals surface area contributed by atoms with Crippen LogP contribution in [0, 0.1) is 11.8 Å². The summed E-state index contributed by atoms with van der Waals surface area (Å²) >= 11 is 0. The normalized spacial score (nSPS) is 39.1. The Labute approximate surface area is 74.8 Å². The van der Waals surface area contributed by atoms with Crippen molar-refractivity contribution >= 4 is 0 Å². The highest BCUT2D eigenvalue weighted by Gasteiger charge is 2.42. The monoisotopic (exact) mass is 166 g/mol. The number of rotatable bonds is 0. The lowest BCUT2D eigenvalue weighted by Gasteiger charge is -2.30. The molecule has 0 radical (unpaired) electrons. The molecule has 2 atom stereocenters. The number of allylic oxidation sites excluding steroid dienone is 1. The second kappa shape index (κ2) is 2.59. The van der Waals surface area contributed by atoms with E-state index in [9.17, 15) is 0 Å². The molecule has 0 amide bonds. The lowest BCUT2D eigenvalue weighted by molar-refractivity contribution is 0.00932.